The fourth-order valence-electron chi connectivity index (χ4n) is 3.65. The lowest BCUT2D eigenvalue weighted by Gasteiger charge is -2.27. The van der Waals surface area contributed by atoms with Gasteiger partial charge in [-0.15, -0.1) is 0 Å². The minimum atomic E-state index is -0.207. The molecule has 0 saturated carbocycles. The molecule has 1 aliphatic rings. The molecule has 5 rings (SSSR count). The Kier molecular flexibility index (Phi) is 3.90. The fourth-order valence-corrected chi connectivity index (χ4v) is 3.65. The number of fused-ring (bicyclic) bond motifs is 2. The number of benzene rings is 1. The van der Waals surface area contributed by atoms with Gasteiger partial charge in [-0.25, -0.2) is 14.4 Å². The molecule has 0 spiro atoms. The summed E-state index contributed by atoms with van der Waals surface area (Å²) in [7, 11) is 0. The Morgan fingerprint density at radius 3 is 3.04 bits per heavy atom. The molecule has 0 fully saturated rings. The van der Waals surface area contributed by atoms with Crippen LogP contribution in [-0.2, 0) is 19.5 Å². The summed E-state index contributed by atoms with van der Waals surface area (Å²) < 4.78 is 13.6. The van der Waals surface area contributed by atoms with Gasteiger partial charge in [-0.2, -0.15) is 0 Å². The molecule has 0 aliphatic carbocycles. The Morgan fingerprint density at radius 1 is 1.19 bits per heavy atom. The molecule has 5 nitrogen and oxygen atoms in total. The molecule has 1 aliphatic heterocycles. The van der Waals surface area contributed by atoms with Crippen LogP contribution in [0.1, 0.15) is 16.8 Å². The van der Waals surface area contributed by atoms with Crippen molar-refractivity contribution in [3.05, 3.63) is 77.8 Å². The first-order chi connectivity index (χ1) is 13.3. The normalized spacial score (nSPS) is 14.4. The van der Waals surface area contributed by atoms with Gasteiger partial charge in [0.05, 0.1) is 5.69 Å². The predicted octanol–water partition coefficient (Wildman–Crippen LogP) is 3.72. The highest BCUT2D eigenvalue weighted by atomic mass is 19.1. The Labute approximate surface area is 155 Å². The topological polar surface area (TPSA) is 57.7 Å². The van der Waals surface area contributed by atoms with E-state index in [0.29, 0.717) is 5.82 Å². The van der Waals surface area contributed by atoms with Gasteiger partial charge in [0.1, 0.15) is 5.82 Å². The zero-order chi connectivity index (χ0) is 18.2. The Balaban J connectivity index is 1.41. The van der Waals surface area contributed by atoms with E-state index < -0.39 is 0 Å². The van der Waals surface area contributed by atoms with Crippen LogP contribution >= 0.6 is 0 Å². The van der Waals surface area contributed by atoms with Crippen molar-refractivity contribution in [1.82, 2.24) is 24.8 Å². The molecule has 134 valence electrons. The number of hydrogen-bond acceptors (Lipinski definition) is 4. The van der Waals surface area contributed by atoms with Crippen molar-refractivity contribution in [2.45, 2.75) is 19.5 Å². The maximum absolute atomic E-state index is 13.6. The van der Waals surface area contributed by atoms with Gasteiger partial charge in [-0.05, 0) is 47.9 Å². The third-order valence-electron chi connectivity index (χ3n) is 5.07. The van der Waals surface area contributed by atoms with E-state index in [2.05, 4.69) is 19.9 Å². The molecule has 0 atom stereocenters. The fraction of sp³-hybridized carbons (Fsp3) is 0.190. The molecule has 0 amide bonds. The van der Waals surface area contributed by atoms with Crippen LogP contribution in [0.25, 0.3) is 22.3 Å². The van der Waals surface area contributed by atoms with Gasteiger partial charge in [0, 0.05) is 60.9 Å². The van der Waals surface area contributed by atoms with Crippen molar-refractivity contribution >= 4 is 10.9 Å². The van der Waals surface area contributed by atoms with Gasteiger partial charge in [-0.3, -0.25) is 9.88 Å². The van der Waals surface area contributed by atoms with Gasteiger partial charge in [0.15, 0.2) is 5.82 Å². The lowest BCUT2D eigenvalue weighted by Crippen LogP contribution is -2.31. The molecule has 3 aromatic heterocycles. The van der Waals surface area contributed by atoms with Gasteiger partial charge >= 0.3 is 0 Å². The summed E-state index contributed by atoms with van der Waals surface area (Å²) in [5.74, 6) is 0.499. The van der Waals surface area contributed by atoms with E-state index in [1.165, 1.54) is 11.6 Å². The second kappa shape index (κ2) is 6.55. The smallest absolute Gasteiger partial charge is 0.160 e. The quantitative estimate of drug-likeness (QED) is 0.606. The van der Waals surface area contributed by atoms with Crippen LogP contribution in [0.15, 0.2) is 55.1 Å². The lowest BCUT2D eigenvalue weighted by atomic mass is 10.1. The number of nitrogens with one attached hydrogen (secondary N) is 1. The van der Waals surface area contributed by atoms with Crippen molar-refractivity contribution < 1.29 is 4.39 Å². The van der Waals surface area contributed by atoms with E-state index in [4.69, 9.17) is 4.98 Å². The number of halogens is 1. The first kappa shape index (κ1) is 16.1. The summed E-state index contributed by atoms with van der Waals surface area (Å²) in [5.41, 5.74) is 5.24. The minimum Gasteiger partial charge on any atom is -0.361 e. The van der Waals surface area contributed by atoms with E-state index in [1.54, 1.807) is 24.5 Å². The minimum absolute atomic E-state index is 0.207. The van der Waals surface area contributed by atoms with E-state index in [-0.39, 0.29) is 5.82 Å². The molecule has 0 radical (unpaired) electrons. The van der Waals surface area contributed by atoms with Gasteiger partial charge in [-0.1, -0.05) is 0 Å². The van der Waals surface area contributed by atoms with Crippen molar-refractivity contribution in [1.29, 1.82) is 0 Å². The average molecular weight is 359 g/mol. The van der Waals surface area contributed by atoms with Crippen LogP contribution in [0, 0.1) is 5.82 Å². The maximum atomic E-state index is 13.6. The SMILES string of the molecule is Fc1ccc2[nH]cc(CN3CCc4cnc(-c5cccnc5)nc4C3)c2c1. The first-order valence-electron chi connectivity index (χ1n) is 8.99. The number of hydrogen-bond donors (Lipinski definition) is 1. The second-order valence-corrected chi connectivity index (χ2v) is 6.87. The molecular weight excluding hydrogens is 341 g/mol. The number of aromatic nitrogens is 4. The Bertz CT molecular complexity index is 1110. The van der Waals surface area contributed by atoms with E-state index in [1.807, 2.05) is 24.5 Å². The van der Waals surface area contributed by atoms with Gasteiger partial charge in [0.2, 0.25) is 0 Å². The molecule has 0 saturated heterocycles. The summed E-state index contributed by atoms with van der Waals surface area (Å²) in [4.78, 5) is 19.0. The molecule has 0 bridgehead atoms. The third-order valence-corrected chi connectivity index (χ3v) is 5.07. The number of nitrogens with zero attached hydrogens (tertiary/aromatic N) is 4. The zero-order valence-corrected chi connectivity index (χ0v) is 14.7. The van der Waals surface area contributed by atoms with Crippen LogP contribution in [0.5, 0.6) is 0 Å². The standard InChI is InChI=1S/C21H18FN5/c22-17-3-4-19-18(8-17)16(11-24-19)12-27-7-5-14-10-25-21(26-20(14)13-27)15-2-1-6-23-9-15/h1-4,6,8-11,24H,5,7,12-13H2. The molecular formula is C21H18FN5. The molecule has 27 heavy (non-hydrogen) atoms. The number of rotatable bonds is 3. The van der Waals surface area contributed by atoms with E-state index >= 15 is 0 Å². The lowest BCUT2D eigenvalue weighted by molar-refractivity contribution is 0.242. The highest BCUT2D eigenvalue weighted by molar-refractivity contribution is 5.83. The van der Waals surface area contributed by atoms with Crippen LogP contribution in [-0.4, -0.2) is 31.4 Å². The van der Waals surface area contributed by atoms with Crippen molar-refractivity contribution in [3.63, 3.8) is 0 Å². The van der Waals surface area contributed by atoms with Crippen LogP contribution in [0.4, 0.5) is 4.39 Å². The van der Waals surface area contributed by atoms with Gasteiger partial charge < -0.3 is 4.98 Å². The summed E-state index contributed by atoms with van der Waals surface area (Å²) in [5, 5.41) is 0.944. The van der Waals surface area contributed by atoms with Crippen molar-refractivity contribution in [2.24, 2.45) is 0 Å². The summed E-state index contributed by atoms with van der Waals surface area (Å²) >= 11 is 0. The maximum Gasteiger partial charge on any atom is 0.160 e. The van der Waals surface area contributed by atoms with Gasteiger partial charge in [0.25, 0.3) is 0 Å². The molecule has 6 heteroatoms. The van der Waals surface area contributed by atoms with Crippen molar-refractivity contribution in [2.75, 3.05) is 6.54 Å². The van der Waals surface area contributed by atoms with Crippen LogP contribution in [0.3, 0.4) is 0 Å². The van der Waals surface area contributed by atoms with Crippen LogP contribution < -0.4 is 0 Å². The monoisotopic (exact) mass is 359 g/mol. The largest absolute Gasteiger partial charge is 0.361 e. The second-order valence-electron chi connectivity index (χ2n) is 6.87. The molecule has 1 aromatic carbocycles. The predicted molar refractivity (Wildman–Crippen MR) is 101 cm³/mol. The molecule has 0 unspecified atom stereocenters. The zero-order valence-electron chi connectivity index (χ0n) is 14.7. The summed E-state index contributed by atoms with van der Waals surface area (Å²) in [6.45, 7) is 2.45. The molecule has 4 aromatic rings. The summed E-state index contributed by atoms with van der Waals surface area (Å²) in [6, 6.07) is 8.72. The number of pyridine rings is 1. The van der Waals surface area contributed by atoms with E-state index in [0.717, 1.165) is 53.8 Å². The Hall–Kier alpha value is -3.12. The number of H-pyrrole nitrogens is 1. The van der Waals surface area contributed by atoms with Crippen molar-refractivity contribution in [3.8, 4) is 11.4 Å². The Morgan fingerprint density at radius 2 is 2.15 bits per heavy atom. The number of aromatic amines is 1. The molecule has 1 N–H and O–H groups in total. The highest BCUT2D eigenvalue weighted by Gasteiger charge is 2.20. The molecule has 4 heterocycles. The van der Waals surface area contributed by atoms with E-state index in [9.17, 15) is 4.39 Å². The first-order valence-corrected chi connectivity index (χ1v) is 8.99. The summed E-state index contributed by atoms with van der Waals surface area (Å²) in [6.07, 6.45) is 8.35. The highest BCUT2D eigenvalue weighted by Crippen LogP contribution is 2.25. The van der Waals surface area contributed by atoms with Crippen LogP contribution in [0.2, 0.25) is 0 Å². The average Bonchev–Trinajstić information content (AvgIpc) is 3.10. The third kappa shape index (κ3) is 3.08.